The van der Waals surface area contributed by atoms with Crippen molar-refractivity contribution in [3.63, 3.8) is 0 Å². The fraction of sp³-hybridized carbons (Fsp3) is 0.333. The molecule has 0 aliphatic heterocycles. The maximum Gasteiger partial charge on any atom is 0.0263 e. The molecule has 0 aromatic heterocycles. The maximum atomic E-state index is 5.54. The van der Waals surface area contributed by atoms with E-state index in [4.69, 9.17) is 11.6 Å². The summed E-state index contributed by atoms with van der Waals surface area (Å²) in [5.41, 5.74) is 1.31. The predicted octanol–water partition coefficient (Wildman–Crippen LogP) is 3.32. The van der Waals surface area contributed by atoms with Gasteiger partial charge in [0, 0.05) is 12.3 Å². The van der Waals surface area contributed by atoms with Gasteiger partial charge >= 0.3 is 0 Å². The second-order valence-electron chi connectivity index (χ2n) is 1.92. The van der Waals surface area contributed by atoms with Crippen LogP contribution in [0.15, 0.2) is 30.3 Å². The maximum absolute atomic E-state index is 5.54. The Labute approximate surface area is 78.1 Å². The van der Waals surface area contributed by atoms with Gasteiger partial charge in [0.15, 0.2) is 0 Å². The van der Waals surface area contributed by atoms with E-state index in [9.17, 15) is 0 Å². The number of hydrogen-bond donors (Lipinski definition) is 0. The Morgan fingerprint density at radius 1 is 1.09 bits per heavy atom. The van der Waals surface area contributed by atoms with Gasteiger partial charge in [0.2, 0.25) is 0 Å². The first-order chi connectivity index (χ1) is 5.43. The fourth-order valence-electron chi connectivity index (χ4n) is 0.754. The van der Waals surface area contributed by atoms with E-state index in [0.717, 1.165) is 6.42 Å². The molecule has 0 radical (unpaired) electrons. The van der Waals surface area contributed by atoms with Crippen LogP contribution in [0.2, 0.25) is 0 Å². The molecule has 11 heavy (non-hydrogen) atoms. The van der Waals surface area contributed by atoms with Crippen molar-refractivity contribution >= 4 is 23.2 Å². The van der Waals surface area contributed by atoms with Crippen LogP contribution in [0, 0.1) is 0 Å². The predicted molar refractivity (Wildman–Crippen MR) is 52.6 cm³/mol. The standard InChI is InChI=1S/C8H9Cl.CH3Cl/c9-7-6-8-4-2-1-3-5-8;1-2/h1-5H,6-7H2;1H3. The third-order valence-electron chi connectivity index (χ3n) is 1.23. The molecule has 0 atom stereocenters. The van der Waals surface area contributed by atoms with Crippen LogP contribution in [0.25, 0.3) is 0 Å². The number of alkyl halides is 2. The SMILES string of the molecule is CCl.ClCCc1ccccc1. The van der Waals surface area contributed by atoms with Gasteiger partial charge in [0.25, 0.3) is 0 Å². The molecule has 1 aromatic rings. The van der Waals surface area contributed by atoms with Gasteiger partial charge in [-0.2, -0.15) is 0 Å². The lowest BCUT2D eigenvalue weighted by Gasteiger charge is -1.92. The number of halogens is 2. The molecule has 0 nitrogen and oxygen atoms in total. The van der Waals surface area contributed by atoms with Crippen LogP contribution in [-0.2, 0) is 6.42 Å². The van der Waals surface area contributed by atoms with Crippen LogP contribution in [0.5, 0.6) is 0 Å². The quantitative estimate of drug-likeness (QED) is 0.629. The molecule has 2 heteroatoms. The molecule has 0 aliphatic carbocycles. The van der Waals surface area contributed by atoms with Gasteiger partial charge in [-0.05, 0) is 12.0 Å². The van der Waals surface area contributed by atoms with Crippen molar-refractivity contribution < 1.29 is 0 Å². The molecule has 0 bridgehead atoms. The Morgan fingerprint density at radius 3 is 2.09 bits per heavy atom. The largest absolute Gasteiger partial charge is 0.130 e. The highest BCUT2D eigenvalue weighted by atomic mass is 35.5. The van der Waals surface area contributed by atoms with Crippen LogP contribution in [0.1, 0.15) is 5.56 Å². The first kappa shape index (κ1) is 10.8. The topological polar surface area (TPSA) is 0 Å². The summed E-state index contributed by atoms with van der Waals surface area (Å²) in [6.45, 7) is 0. The highest BCUT2D eigenvalue weighted by molar-refractivity contribution is 6.17. The number of benzene rings is 1. The van der Waals surface area contributed by atoms with Gasteiger partial charge in [-0.3, -0.25) is 0 Å². The van der Waals surface area contributed by atoms with E-state index in [2.05, 4.69) is 23.7 Å². The summed E-state index contributed by atoms with van der Waals surface area (Å²) >= 11 is 10.2. The van der Waals surface area contributed by atoms with Gasteiger partial charge in [-0.1, -0.05) is 30.3 Å². The van der Waals surface area contributed by atoms with E-state index in [-0.39, 0.29) is 0 Å². The first-order valence-electron chi connectivity index (χ1n) is 3.41. The van der Waals surface area contributed by atoms with E-state index in [1.165, 1.54) is 11.9 Å². The van der Waals surface area contributed by atoms with Crippen LogP contribution >= 0.6 is 23.2 Å². The van der Waals surface area contributed by atoms with Crippen molar-refractivity contribution in [1.82, 2.24) is 0 Å². The molecule has 0 N–H and O–H groups in total. The van der Waals surface area contributed by atoms with E-state index >= 15 is 0 Å². The van der Waals surface area contributed by atoms with E-state index in [1.54, 1.807) is 0 Å². The normalized spacial score (nSPS) is 8.27. The van der Waals surface area contributed by atoms with E-state index in [1.807, 2.05) is 18.2 Å². The average Bonchev–Trinajstić information content (AvgIpc) is 2.11. The molecule has 0 spiro atoms. The minimum absolute atomic E-state index is 0.712. The molecule has 0 unspecified atom stereocenters. The zero-order valence-electron chi connectivity index (χ0n) is 6.56. The zero-order chi connectivity index (χ0) is 8.53. The van der Waals surface area contributed by atoms with Crippen molar-refractivity contribution in [2.24, 2.45) is 0 Å². The van der Waals surface area contributed by atoms with E-state index < -0.39 is 0 Å². The van der Waals surface area contributed by atoms with Crippen LogP contribution in [0.3, 0.4) is 0 Å². The monoisotopic (exact) mass is 190 g/mol. The average molecular weight is 191 g/mol. The lowest BCUT2D eigenvalue weighted by molar-refractivity contribution is 1.15. The first-order valence-corrected chi connectivity index (χ1v) is 4.70. The van der Waals surface area contributed by atoms with E-state index in [0.29, 0.717) is 5.88 Å². The second-order valence-corrected chi connectivity index (χ2v) is 2.30. The highest BCUT2D eigenvalue weighted by Gasteiger charge is 1.85. The Balaban J connectivity index is 0.000000461. The summed E-state index contributed by atoms with van der Waals surface area (Å²) in [5.74, 6) is 0.712. The summed E-state index contributed by atoms with van der Waals surface area (Å²) < 4.78 is 0. The molecule has 0 saturated carbocycles. The van der Waals surface area contributed by atoms with Gasteiger partial charge in [0.1, 0.15) is 0 Å². The summed E-state index contributed by atoms with van der Waals surface area (Å²) in [4.78, 5) is 0. The minimum atomic E-state index is 0.712. The summed E-state index contributed by atoms with van der Waals surface area (Å²) in [5, 5.41) is 0. The Hall–Kier alpha value is -0.200. The minimum Gasteiger partial charge on any atom is -0.130 e. The third kappa shape index (κ3) is 5.11. The number of aryl methyl sites for hydroxylation is 1. The van der Waals surface area contributed by atoms with Crippen LogP contribution in [-0.4, -0.2) is 12.3 Å². The molecular weight excluding hydrogens is 179 g/mol. The lowest BCUT2D eigenvalue weighted by Crippen LogP contribution is -1.82. The van der Waals surface area contributed by atoms with Crippen molar-refractivity contribution in [1.29, 1.82) is 0 Å². The van der Waals surface area contributed by atoms with Crippen molar-refractivity contribution in [2.45, 2.75) is 6.42 Å². The van der Waals surface area contributed by atoms with Crippen LogP contribution < -0.4 is 0 Å². The smallest absolute Gasteiger partial charge is 0.0263 e. The summed E-state index contributed by atoms with van der Waals surface area (Å²) in [6, 6.07) is 10.2. The van der Waals surface area contributed by atoms with Gasteiger partial charge < -0.3 is 0 Å². The summed E-state index contributed by atoms with van der Waals surface area (Å²) in [7, 11) is 0. The summed E-state index contributed by atoms with van der Waals surface area (Å²) in [6.07, 6.45) is 2.45. The van der Waals surface area contributed by atoms with Gasteiger partial charge in [-0.15, -0.1) is 23.2 Å². The molecule has 1 rings (SSSR count). The third-order valence-corrected chi connectivity index (χ3v) is 1.41. The Morgan fingerprint density at radius 2 is 1.64 bits per heavy atom. The molecule has 0 saturated heterocycles. The Kier molecular flexibility index (Phi) is 7.76. The number of hydrogen-bond acceptors (Lipinski definition) is 0. The number of rotatable bonds is 2. The molecule has 0 fully saturated rings. The van der Waals surface area contributed by atoms with Crippen molar-refractivity contribution in [3.8, 4) is 0 Å². The molecule has 0 heterocycles. The van der Waals surface area contributed by atoms with Gasteiger partial charge in [-0.25, -0.2) is 0 Å². The molecule has 0 amide bonds. The van der Waals surface area contributed by atoms with Crippen molar-refractivity contribution in [2.75, 3.05) is 12.3 Å². The molecule has 0 aliphatic rings. The molecule has 62 valence electrons. The zero-order valence-corrected chi connectivity index (χ0v) is 8.07. The fourth-order valence-corrected chi connectivity index (χ4v) is 0.972. The molecule has 1 aromatic carbocycles. The highest BCUT2D eigenvalue weighted by Crippen LogP contribution is 1.99. The van der Waals surface area contributed by atoms with Gasteiger partial charge in [0.05, 0.1) is 0 Å². The second kappa shape index (κ2) is 7.90. The lowest BCUT2D eigenvalue weighted by atomic mass is 10.2. The molecular formula is C9H12Cl2. The van der Waals surface area contributed by atoms with Crippen LogP contribution in [0.4, 0.5) is 0 Å². The van der Waals surface area contributed by atoms with Crippen molar-refractivity contribution in [3.05, 3.63) is 35.9 Å². The Bertz CT molecular complexity index is 160.